The second-order valence-corrected chi connectivity index (χ2v) is 5.55. The van der Waals surface area contributed by atoms with Crippen LogP contribution in [0.2, 0.25) is 5.02 Å². The Morgan fingerprint density at radius 1 is 1.25 bits per heavy atom. The van der Waals surface area contributed by atoms with E-state index in [1.807, 2.05) is 0 Å². The Morgan fingerprint density at radius 2 is 1.85 bits per heavy atom. The molecule has 0 amide bonds. The first kappa shape index (κ1) is 17.2. The molecule has 0 radical (unpaired) electrons. The Kier molecular flexibility index (Phi) is 7.85. The van der Waals surface area contributed by atoms with Gasteiger partial charge in [-0.25, -0.2) is 4.39 Å². The minimum atomic E-state index is -0.419. The van der Waals surface area contributed by atoms with Crippen LogP contribution < -0.4 is 5.32 Å². The monoisotopic (exact) mass is 316 g/mol. The molecule has 0 aliphatic carbocycles. The van der Waals surface area contributed by atoms with Gasteiger partial charge >= 0.3 is 0 Å². The molecule has 0 heterocycles. The molecule has 0 saturated heterocycles. The summed E-state index contributed by atoms with van der Waals surface area (Å²) in [5.41, 5.74) is 0.722. The maximum absolute atomic E-state index is 13.1. The number of hydrogen-bond acceptors (Lipinski definition) is 1. The van der Waals surface area contributed by atoms with E-state index in [4.69, 9.17) is 23.8 Å². The Hall–Kier alpha value is -0.870. The first-order valence-corrected chi connectivity index (χ1v) is 7.88. The predicted octanol–water partition coefficient (Wildman–Crippen LogP) is 5.08. The average molecular weight is 317 g/mol. The summed E-state index contributed by atoms with van der Waals surface area (Å²) in [6.07, 6.45) is 4.48. The van der Waals surface area contributed by atoms with Gasteiger partial charge in [-0.2, -0.15) is 0 Å². The Balaban J connectivity index is 2.65. The molecule has 1 rings (SSSR count). The lowest BCUT2D eigenvalue weighted by molar-refractivity contribution is 0.403. The molecular formula is C15H22ClFN2S. The van der Waals surface area contributed by atoms with Crippen LogP contribution in [0.25, 0.3) is 0 Å². The van der Waals surface area contributed by atoms with Gasteiger partial charge in [-0.1, -0.05) is 38.3 Å². The number of halogens is 2. The number of thiocarbonyl (C=S) groups is 1. The molecule has 1 aromatic rings. The van der Waals surface area contributed by atoms with Crippen LogP contribution in [0, 0.1) is 5.82 Å². The van der Waals surface area contributed by atoms with E-state index < -0.39 is 5.82 Å². The minimum Gasteiger partial charge on any atom is -0.349 e. The average Bonchev–Trinajstić information content (AvgIpc) is 2.43. The molecule has 1 N–H and O–H groups in total. The molecule has 2 nitrogen and oxygen atoms in total. The van der Waals surface area contributed by atoms with Gasteiger partial charge in [-0.05, 0) is 43.3 Å². The molecule has 20 heavy (non-hydrogen) atoms. The van der Waals surface area contributed by atoms with E-state index >= 15 is 0 Å². The zero-order chi connectivity index (χ0) is 15.0. The summed E-state index contributed by atoms with van der Waals surface area (Å²) in [6.45, 7) is 6.21. The molecule has 112 valence electrons. The third-order valence-corrected chi connectivity index (χ3v) is 3.67. The molecule has 0 aromatic heterocycles. The van der Waals surface area contributed by atoms with E-state index in [0.29, 0.717) is 5.11 Å². The SMILES string of the molecule is CCCCN(CCCC)C(=S)Nc1ccc(F)c(Cl)c1. The number of hydrogen-bond donors (Lipinski definition) is 1. The fraction of sp³-hybridized carbons (Fsp3) is 0.533. The van der Waals surface area contributed by atoms with Crippen molar-refractivity contribution in [1.82, 2.24) is 4.90 Å². The van der Waals surface area contributed by atoms with Crippen molar-refractivity contribution in [2.24, 2.45) is 0 Å². The lowest BCUT2D eigenvalue weighted by Crippen LogP contribution is -2.36. The Morgan fingerprint density at radius 3 is 2.35 bits per heavy atom. The van der Waals surface area contributed by atoms with Crippen molar-refractivity contribution >= 4 is 34.6 Å². The second-order valence-electron chi connectivity index (χ2n) is 4.75. The van der Waals surface area contributed by atoms with Crippen molar-refractivity contribution in [2.75, 3.05) is 18.4 Å². The fourth-order valence-electron chi connectivity index (χ4n) is 1.79. The van der Waals surface area contributed by atoms with Gasteiger partial charge in [0.1, 0.15) is 5.82 Å². The number of rotatable bonds is 7. The standard InChI is InChI=1S/C15H22ClFN2S/c1-3-5-9-19(10-6-4-2)15(20)18-12-7-8-14(17)13(16)11-12/h7-8,11H,3-6,9-10H2,1-2H3,(H,18,20). The summed E-state index contributed by atoms with van der Waals surface area (Å²) in [6, 6.07) is 4.54. The fourth-order valence-corrected chi connectivity index (χ4v) is 2.27. The molecule has 0 fully saturated rings. The molecule has 0 bridgehead atoms. The molecule has 0 atom stereocenters. The molecule has 1 aromatic carbocycles. The van der Waals surface area contributed by atoms with Crippen LogP contribution in [0.4, 0.5) is 10.1 Å². The van der Waals surface area contributed by atoms with Crippen molar-refractivity contribution in [3.8, 4) is 0 Å². The van der Waals surface area contributed by atoms with Gasteiger partial charge < -0.3 is 10.2 Å². The summed E-state index contributed by atoms with van der Waals surface area (Å²) >= 11 is 11.2. The predicted molar refractivity (Wildman–Crippen MR) is 89.0 cm³/mol. The van der Waals surface area contributed by atoms with Gasteiger partial charge in [0.15, 0.2) is 5.11 Å². The van der Waals surface area contributed by atoms with Gasteiger partial charge in [-0.15, -0.1) is 0 Å². The van der Waals surface area contributed by atoms with Crippen molar-refractivity contribution in [3.05, 3.63) is 29.0 Å². The Bertz CT molecular complexity index is 432. The number of anilines is 1. The summed E-state index contributed by atoms with van der Waals surface area (Å²) in [5, 5.41) is 3.91. The van der Waals surface area contributed by atoms with Crippen LogP contribution in [0.15, 0.2) is 18.2 Å². The number of unbranched alkanes of at least 4 members (excludes halogenated alkanes) is 2. The quantitative estimate of drug-likeness (QED) is 0.706. The zero-order valence-electron chi connectivity index (χ0n) is 12.1. The van der Waals surface area contributed by atoms with E-state index in [-0.39, 0.29) is 5.02 Å². The van der Waals surface area contributed by atoms with E-state index in [0.717, 1.165) is 44.5 Å². The number of benzene rings is 1. The lowest BCUT2D eigenvalue weighted by atomic mass is 10.2. The van der Waals surface area contributed by atoms with Gasteiger partial charge in [0.2, 0.25) is 0 Å². The normalized spacial score (nSPS) is 10.4. The molecule has 0 spiro atoms. The van der Waals surface area contributed by atoms with Crippen LogP contribution >= 0.6 is 23.8 Å². The Labute approximate surface area is 131 Å². The highest BCUT2D eigenvalue weighted by Crippen LogP contribution is 2.19. The van der Waals surface area contributed by atoms with E-state index in [1.54, 1.807) is 12.1 Å². The van der Waals surface area contributed by atoms with Crippen LogP contribution in [-0.4, -0.2) is 23.1 Å². The highest BCUT2D eigenvalue weighted by atomic mass is 35.5. The van der Waals surface area contributed by atoms with Gasteiger partial charge in [-0.3, -0.25) is 0 Å². The van der Waals surface area contributed by atoms with E-state index in [1.165, 1.54) is 6.07 Å². The van der Waals surface area contributed by atoms with Crippen LogP contribution in [-0.2, 0) is 0 Å². The smallest absolute Gasteiger partial charge is 0.173 e. The van der Waals surface area contributed by atoms with Gasteiger partial charge in [0, 0.05) is 18.8 Å². The molecule has 5 heteroatoms. The van der Waals surface area contributed by atoms with Crippen LogP contribution in [0.3, 0.4) is 0 Å². The first-order chi connectivity index (χ1) is 9.58. The second kappa shape index (κ2) is 9.14. The number of nitrogens with zero attached hydrogens (tertiary/aromatic N) is 1. The molecule has 0 aliphatic heterocycles. The highest BCUT2D eigenvalue weighted by molar-refractivity contribution is 7.80. The highest BCUT2D eigenvalue weighted by Gasteiger charge is 2.09. The van der Waals surface area contributed by atoms with Crippen LogP contribution in [0.5, 0.6) is 0 Å². The maximum atomic E-state index is 13.1. The summed E-state index contributed by atoms with van der Waals surface area (Å²) in [4.78, 5) is 2.17. The molecule has 0 unspecified atom stereocenters. The van der Waals surface area contributed by atoms with Gasteiger partial charge in [0.25, 0.3) is 0 Å². The van der Waals surface area contributed by atoms with Crippen LogP contribution in [0.1, 0.15) is 39.5 Å². The third kappa shape index (κ3) is 5.63. The molecule has 0 aliphatic rings. The van der Waals surface area contributed by atoms with E-state index in [2.05, 4.69) is 24.1 Å². The maximum Gasteiger partial charge on any atom is 0.173 e. The largest absolute Gasteiger partial charge is 0.349 e. The molecule has 0 saturated carbocycles. The van der Waals surface area contributed by atoms with Gasteiger partial charge in [0.05, 0.1) is 5.02 Å². The summed E-state index contributed by atoms with van der Waals surface area (Å²) < 4.78 is 13.1. The minimum absolute atomic E-state index is 0.103. The third-order valence-electron chi connectivity index (χ3n) is 3.02. The topological polar surface area (TPSA) is 15.3 Å². The lowest BCUT2D eigenvalue weighted by Gasteiger charge is -2.25. The van der Waals surface area contributed by atoms with E-state index in [9.17, 15) is 4.39 Å². The summed E-state index contributed by atoms with van der Waals surface area (Å²) in [7, 11) is 0. The zero-order valence-corrected chi connectivity index (χ0v) is 13.7. The van der Waals surface area contributed by atoms with Crippen molar-refractivity contribution in [2.45, 2.75) is 39.5 Å². The molecular weight excluding hydrogens is 295 g/mol. The van der Waals surface area contributed by atoms with Crippen molar-refractivity contribution in [1.29, 1.82) is 0 Å². The van der Waals surface area contributed by atoms with Crippen molar-refractivity contribution in [3.63, 3.8) is 0 Å². The summed E-state index contributed by atoms with van der Waals surface area (Å²) in [5.74, 6) is -0.419. The number of nitrogens with one attached hydrogen (secondary N) is 1. The first-order valence-electron chi connectivity index (χ1n) is 7.09. The van der Waals surface area contributed by atoms with Crippen molar-refractivity contribution < 1.29 is 4.39 Å².